The standard InChI is InChI=1S/C21H28N6O4S/c1-16-13-18(23-31-16)22-19(28)14-24-4-6-25(7-5-24)15-20(29)26-8-10-27(11-9-26)21(30)17-3-2-12-32-17/h2-3,12-13H,4-11,14-15H2,1H3,(H,22,23,28). The number of hydrogen-bond acceptors (Lipinski definition) is 8. The van der Waals surface area contributed by atoms with Gasteiger partial charge in [0.1, 0.15) is 5.76 Å². The van der Waals surface area contributed by atoms with Crippen LogP contribution in [0.1, 0.15) is 15.4 Å². The van der Waals surface area contributed by atoms with Gasteiger partial charge in [0.2, 0.25) is 11.8 Å². The molecule has 0 bridgehead atoms. The van der Waals surface area contributed by atoms with Gasteiger partial charge in [0, 0.05) is 58.4 Å². The third-order valence-electron chi connectivity index (χ3n) is 5.74. The molecule has 0 unspecified atom stereocenters. The minimum absolute atomic E-state index is 0.0472. The van der Waals surface area contributed by atoms with E-state index in [-0.39, 0.29) is 24.3 Å². The minimum Gasteiger partial charge on any atom is -0.360 e. The van der Waals surface area contributed by atoms with E-state index in [0.717, 1.165) is 31.1 Å². The zero-order valence-corrected chi connectivity index (χ0v) is 19.0. The number of thiophene rings is 1. The highest BCUT2D eigenvalue weighted by molar-refractivity contribution is 7.12. The van der Waals surface area contributed by atoms with Crippen LogP contribution in [0.2, 0.25) is 0 Å². The lowest BCUT2D eigenvalue weighted by Crippen LogP contribution is -2.55. The van der Waals surface area contributed by atoms with Crippen LogP contribution in [0, 0.1) is 6.92 Å². The molecule has 2 aromatic rings. The lowest BCUT2D eigenvalue weighted by molar-refractivity contribution is -0.134. The average Bonchev–Trinajstić information content (AvgIpc) is 3.47. The van der Waals surface area contributed by atoms with Crippen molar-refractivity contribution in [3.8, 4) is 0 Å². The second-order valence-electron chi connectivity index (χ2n) is 8.07. The van der Waals surface area contributed by atoms with Crippen molar-refractivity contribution in [3.05, 3.63) is 34.2 Å². The monoisotopic (exact) mass is 460 g/mol. The summed E-state index contributed by atoms with van der Waals surface area (Å²) >= 11 is 1.45. The van der Waals surface area contributed by atoms with Crippen molar-refractivity contribution in [2.75, 3.05) is 70.8 Å². The van der Waals surface area contributed by atoms with E-state index in [1.807, 2.05) is 27.3 Å². The van der Waals surface area contributed by atoms with Crippen LogP contribution < -0.4 is 5.32 Å². The van der Waals surface area contributed by atoms with Gasteiger partial charge in [0.25, 0.3) is 5.91 Å². The molecule has 2 aromatic heterocycles. The summed E-state index contributed by atoms with van der Waals surface area (Å²) in [4.78, 5) is 45.9. The molecular formula is C21H28N6O4S. The van der Waals surface area contributed by atoms with E-state index < -0.39 is 0 Å². The molecule has 172 valence electrons. The fraction of sp³-hybridized carbons (Fsp3) is 0.524. The van der Waals surface area contributed by atoms with Crippen molar-refractivity contribution in [3.63, 3.8) is 0 Å². The molecule has 2 aliphatic heterocycles. The number of aryl methyl sites for hydroxylation is 1. The first-order valence-electron chi connectivity index (χ1n) is 10.8. The Morgan fingerprint density at radius 2 is 1.66 bits per heavy atom. The van der Waals surface area contributed by atoms with Crippen molar-refractivity contribution in [1.29, 1.82) is 0 Å². The number of rotatable bonds is 6. The van der Waals surface area contributed by atoms with Crippen LogP contribution in [0.25, 0.3) is 0 Å². The quantitative estimate of drug-likeness (QED) is 0.673. The highest BCUT2D eigenvalue weighted by Crippen LogP contribution is 2.14. The van der Waals surface area contributed by atoms with Crippen LogP contribution in [0.3, 0.4) is 0 Å². The van der Waals surface area contributed by atoms with E-state index in [2.05, 4.69) is 20.3 Å². The number of anilines is 1. The number of nitrogens with one attached hydrogen (secondary N) is 1. The van der Waals surface area contributed by atoms with Gasteiger partial charge in [-0.2, -0.15) is 0 Å². The van der Waals surface area contributed by atoms with Gasteiger partial charge in [0.15, 0.2) is 5.82 Å². The number of amides is 3. The summed E-state index contributed by atoms with van der Waals surface area (Å²) in [7, 11) is 0. The van der Waals surface area contributed by atoms with Gasteiger partial charge in [-0.25, -0.2) is 0 Å². The third-order valence-corrected chi connectivity index (χ3v) is 6.60. The molecule has 0 spiro atoms. The number of aromatic nitrogens is 1. The topological polar surface area (TPSA) is 102 Å². The van der Waals surface area contributed by atoms with Gasteiger partial charge < -0.3 is 19.6 Å². The maximum absolute atomic E-state index is 12.7. The fourth-order valence-electron chi connectivity index (χ4n) is 3.92. The summed E-state index contributed by atoms with van der Waals surface area (Å²) in [6.07, 6.45) is 0. The van der Waals surface area contributed by atoms with E-state index >= 15 is 0 Å². The lowest BCUT2D eigenvalue weighted by Gasteiger charge is -2.37. The van der Waals surface area contributed by atoms with E-state index in [0.29, 0.717) is 44.3 Å². The molecule has 2 fully saturated rings. The Bertz CT molecular complexity index is 930. The molecule has 1 N–H and O–H groups in total. The summed E-state index contributed by atoms with van der Waals surface area (Å²) in [5, 5.41) is 8.40. The average molecular weight is 461 g/mol. The second kappa shape index (κ2) is 10.2. The number of hydrogen-bond donors (Lipinski definition) is 1. The van der Waals surface area contributed by atoms with Crippen molar-refractivity contribution >= 4 is 34.9 Å². The number of piperazine rings is 2. The first-order valence-corrected chi connectivity index (χ1v) is 11.6. The van der Waals surface area contributed by atoms with E-state index in [4.69, 9.17) is 4.52 Å². The van der Waals surface area contributed by atoms with E-state index in [9.17, 15) is 14.4 Å². The highest BCUT2D eigenvalue weighted by Gasteiger charge is 2.27. The van der Waals surface area contributed by atoms with E-state index in [1.54, 1.807) is 13.0 Å². The largest absolute Gasteiger partial charge is 0.360 e. The van der Waals surface area contributed by atoms with Gasteiger partial charge in [0.05, 0.1) is 18.0 Å². The van der Waals surface area contributed by atoms with Crippen molar-refractivity contribution in [1.82, 2.24) is 24.8 Å². The molecule has 11 heteroatoms. The molecule has 0 aromatic carbocycles. The third kappa shape index (κ3) is 5.72. The maximum atomic E-state index is 12.7. The predicted molar refractivity (Wildman–Crippen MR) is 120 cm³/mol. The second-order valence-corrected chi connectivity index (χ2v) is 9.02. The van der Waals surface area contributed by atoms with Crippen LogP contribution >= 0.6 is 11.3 Å². The highest BCUT2D eigenvalue weighted by atomic mass is 32.1. The SMILES string of the molecule is Cc1cc(NC(=O)CN2CCN(CC(=O)N3CCN(C(=O)c4cccs4)CC3)CC2)no1. The van der Waals surface area contributed by atoms with Crippen molar-refractivity contribution < 1.29 is 18.9 Å². The molecule has 2 aliphatic rings. The maximum Gasteiger partial charge on any atom is 0.264 e. The normalized spacial score (nSPS) is 18.0. The molecule has 0 aliphatic carbocycles. The predicted octanol–water partition coefficient (Wildman–Crippen LogP) is 0.585. The molecule has 2 saturated heterocycles. The zero-order chi connectivity index (χ0) is 22.5. The molecule has 32 heavy (non-hydrogen) atoms. The Labute approximate surface area is 190 Å². The van der Waals surface area contributed by atoms with Gasteiger partial charge in [-0.05, 0) is 18.4 Å². The first kappa shape index (κ1) is 22.4. The molecule has 0 saturated carbocycles. The summed E-state index contributed by atoms with van der Waals surface area (Å²) < 4.78 is 4.95. The van der Waals surface area contributed by atoms with Crippen LogP contribution in [0.4, 0.5) is 5.82 Å². The van der Waals surface area contributed by atoms with Gasteiger partial charge in [-0.15, -0.1) is 11.3 Å². The van der Waals surface area contributed by atoms with E-state index in [1.165, 1.54) is 11.3 Å². The molecule has 4 rings (SSSR count). The van der Waals surface area contributed by atoms with Crippen LogP contribution in [-0.2, 0) is 9.59 Å². The molecule has 10 nitrogen and oxygen atoms in total. The Morgan fingerprint density at radius 3 is 2.25 bits per heavy atom. The van der Waals surface area contributed by atoms with Crippen LogP contribution in [-0.4, -0.2) is 108 Å². The number of carbonyl (C=O) groups excluding carboxylic acids is 3. The molecule has 3 amide bonds. The Balaban J connectivity index is 1.15. The summed E-state index contributed by atoms with van der Waals surface area (Å²) in [5.41, 5.74) is 0. The van der Waals surface area contributed by atoms with Crippen LogP contribution in [0.5, 0.6) is 0 Å². The minimum atomic E-state index is -0.127. The van der Waals surface area contributed by atoms with Crippen LogP contribution in [0.15, 0.2) is 28.1 Å². The number of carbonyl (C=O) groups is 3. The Hall–Kier alpha value is -2.76. The van der Waals surface area contributed by atoms with Gasteiger partial charge in [-0.1, -0.05) is 11.2 Å². The number of nitrogens with zero attached hydrogens (tertiary/aromatic N) is 5. The zero-order valence-electron chi connectivity index (χ0n) is 18.2. The van der Waals surface area contributed by atoms with Crippen molar-refractivity contribution in [2.45, 2.75) is 6.92 Å². The smallest absolute Gasteiger partial charge is 0.264 e. The molecule has 4 heterocycles. The fourth-order valence-corrected chi connectivity index (χ4v) is 4.61. The van der Waals surface area contributed by atoms with Crippen molar-refractivity contribution in [2.24, 2.45) is 0 Å². The summed E-state index contributed by atoms with van der Waals surface area (Å²) in [5.74, 6) is 1.09. The molecule has 0 radical (unpaired) electrons. The Kier molecular flexibility index (Phi) is 7.18. The Morgan fingerprint density at radius 1 is 1.00 bits per heavy atom. The van der Waals surface area contributed by atoms with Gasteiger partial charge >= 0.3 is 0 Å². The summed E-state index contributed by atoms with van der Waals surface area (Å²) in [6.45, 7) is 7.61. The lowest BCUT2D eigenvalue weighted by atomic mass is 10.2. The molecule has 0 atom stereocenters. The van der Waals surface area contributed by atoms with Gasteiger partial charge in [-0.3, -0.25) is 24.2 Å². The molecular weight excluding hydrogens is 432 g/mol. The first-order chi connectivity index (χ1) is 15.5. The summed E-state index contributed by atoms with van der Waals surface area (Å²) in [6, 6.07) is 5.39.